The number of hydrogen-bond donors (Lipinski definition) is 0. The van der Waals surface area contributed by atoms with Gasteiger partial charge in [0.25, 0.3) is 0 Å². The summed E-state index contributed by atoms with van der Waals surface area (Å²) in [5.41, 5.74) is 2.35. The molecule has 3 nitrogen and oxygen atoms in total. The molecule has 0 amide bonds. The number of anilines is 1. The molecule has 0 aliphatic heterocycles. The van der Waals surface area contributed by atoms with Crippen LogP contribution in [0.1, 0.15) is 50.9 Å². The van der Waals surface area contributed by atoms with Gasteiger partial charge in [-0.2, -0.15) is 0 Å². The van der Waals surface area contributed by atoms with Crippen molar-refractivity contribution in [3.05, 3.63) is 16.5 Å². The zero-order valence-corrected chi connectivity index (χ0v) is 13.4. The lowest BCUT2D eigenvalue weighted by molar-refractivity contribution is 0.222. The molecule has 0 atom stereocenters. The minimum Gasteiger partial charge on any atom is -0.354 e. The van der Waals surface area contributed by atoms with Gasteiger partial charge in [0.1, 0.15) is 0 Å². The highest BCUT2D eigenvalue weighted by molar-refractivity contribution is 6.31. The van der Waals surface area contributed by atoms with Crippen LogP contribution in [-0.2, 0) is 0 Å². The molecule has 0 spiro atoms. The van der Waals surface area contributed by atoms with E-state index in [1.165, 1.54) is 25.7 Å². The van der Waals surface area contributed by atoms with Gasteiger partial charge >= 0.3 is 0 Å². The third-order valence-electron chi connectivity index (χ3n) is 4.44. The van der Waals surface area contributed by atoms with E-state index in [9.17, 15) is 0 Å². The molecule has 1 saturated carbocycles. The first-order valence-electron chi connectivity index (χ1n) is 7.04. The standard InChI is InChI=1S/C15H24ClN3/c1-10-11(2)18-14(13(16)17-10)19(5)12-6-8-15(3,4)9-7-12/h12H,6-9H2,1-5H3. The molecule has 0 N–H and O–H groups in total. The Labute approximate surface area is 121 Å². The first kappa shape index (κ1) is 14.6. The van der Waals surface area contributed by atoms with E-state index in [1.807, 2.05) is 13.8 Å². The van der Waals surface area contributed by atoms with E-state index >= 15 is 0 Å². The van der Waals surface area contributed by atoms with Gasteiger partial charge in [-0.05, 0) is 44.9 Å². The summed E-state index contributed by atoms with van der Waals surface area (Å²) >= 11 is 6.26. The molecular weight excluding hydrogens is 258 g/mol. The molecule has 0 aromatic carbocycles. The highest BCUT2D eigenvalue weighted by Gasteiger charge is 2.30. The van der Waals surface area contributed by atoms with E-state index in [2.05, 4.69) is 35.8 Å². The molecule has 0 saturated heterocycles. The molecule has 1 aromatic rings. The van der Waals surface area contributed by atoms with Crippen molar-refractivity contribution in [2.24, 2.45) is 5.41 Å². The van der Waals surface area contributed by atoms with Gasteiger partial charge in [-0.15, -0.1) is 0 Å². The summed E-state index contributed by atoms with van der Waals surface area (Å²) in [6, 6.07) is 0.530. The SMILES string of the molecule is Cc1nc(Cl)c(N(C)C2CCC(C)(C)CC2)nc1C. The minimum atomic E-state index is 0.482. The van der Waals surface area contributed by atoms with Gasteiger partial charge in [-0.3, -0.25) is 0 Å². The number of nitrogens with zero attached hydrogens (tertiary/aromatic N) is 3. The van der Waals surface area contributed by atoms with Gasteiger partial charge in [-0.25, -0.2) is 9.97 Å². The van der Waals surface area contributed by atoms with E-state index in [1.54, 1.807) is 0 Å². The van der Waals surface area contributed by atoms with Crippen LogP contribution in [0.5, 0.6) is 0 Å². The van der Waals surface area contributed by atoms with Gasteiger partial charge in [-0.1, -0.05) is 25.4 Å². The average molecular weight is 282 g/mol. The molecule has 0 unspecified atom stereocenters. The van der Waals surface area contributed by atoms with Crippen LogP contribution in [0.2, 0.25) is 5.15 Å². The fraction of sp³-hybridized carbons (Fsp3) is 0.733. The van der Waals surface area contributed by atoms with Crippen molar-refractivity contribution in [1.29, 1.82) is 0 Å². The number of aryl methyl sites for hydroxylation is 2. The van der Waals surface area contributed by atoms with Crippen molar-refractivity contribution >= 4 is 17.4 Å². The second-order valence-corrected chi connectivity index (χ2v) is 6.87. The molecule has 1 aromatic heterocycles. The Kier molecular flexibility index (Phi) is 4.05. The second-order valence-electron chi connectivity index (χ2n) is 6.52. The summed E-state index contributed by atoms with van der Waals surface area (Å²) < 4.78 is 0. The topological polar surface area (TPSA) is 29.0 Å². The number of halogens is 1. The second kappa shape index (κ2) is 5.28. The maximum absolute atomic E-state index is 6.26. The summed E-state index contributed by atoms with van der Waals surface area (Å²) in [7, 11) is 2.09. The van der Waals surface area contributed by atoms with Crippen molar-refractivity contribution < 1.29 is 0 Å². The lowest BCUT2D eigenvalue weighted by Crippen LogP contribution is -2.38. The number of rotatable bonds is 2. The van der Waals surface area contributed by atoms with Crippen LogP contribution in [0, 0.1) is 19.3 Å². The smallest absolute Gasteiger partial charge is 0.171 e. The third kappa shape index (κ3) is 3.19. The normalized spacial score (nSPS) is 19.5. The van der Waals surface area contributed by atoms with Crippen molar-refractivity contribution in [2.45, 2.75) is 59.4 Å². The van der Waals surface area contributed by atoms with E-state index in [0.29, 0.717) is 16.6 Å². The predicted octanol–water partition coefficient (Wildman–Crippen LogP) is 4.15. The van der Waals surface area contributed by atoms with Gasteiger partial charge in [0.15, 0.2) is 11.0 Å². The monoisotopic (exact) mass is 281 g/mol. The first-order valence-corrected chi connectivity index (χ1v) is 7.41. The molecular formula is C15H24ClN3. The summed E-state index contributed by atoms with van der Waals surface area (Å²) in [5, 5.41) is 0.524. The van der Waals surface area contributed by atoms with Gasteiger partial charge in [0.2, 0.25) is 0 Å². The Hall–Kier alpha value is -0.830. The summed E-state index contributed by atoms with van der Waals surface area (Å²) in [6.07, 6.45) is 4.93. The zero-order chi connectivity index (χ0) is 14.2. The highest BCUT2D eigenvalue weighted by atomic mass is 35.5. The summed E-state index contributed by atoms with van der Waals surface area (Å²) in [5.74, 6) is 0.828. The summed E-state index contributed by atoms with van der Waals surface area (Å²) in [4.78, 5) is 11.2. The molecule has 1 heterocycles. The van der Waals surface area contributed by atoms with Crippen molar-refractivity contribution in [2.75, 3.05) is 11.9 Å². The van der Waals surface area contributed by atoms with Gasteiger partial charge < -0.3 is 4.90 Å². The fourth-order valence-electron chi connectivity index (χ4n) is 2.73. The molecule has 19 heavy (non-hydrogen) atoms. The Morgan fingerprint density at radius 1 is 1.11 bits per heavy atom. The first-order chi connectivity index (χ1) is 8.80. The lowest BCUT2D eigenvalue weighted by atomic mass is 9.75. The molecule has 1 aliphatic rings. The molecule has 4 heteroatoms. The van der Waals surface area contributed by atoms with Crippen molar-refractivity contribution in [3.63, 3.8) is 0 Å². The molecule has 0 radical (unpaired) electrons. The molecule has 1 fully saturated rings. The lowest BCUT2D eigenvalue weighted by Gasteiger charge is -2.39. The van der Waals surface area contributed by atoms with Gasteiger partial charge in [0, 0.05) is 13.1 Å². The Morgan fingerprint density at radius 3 is 2.21 bits per heavy atom. The van der Waals surface area contributed by atoms with Crippen LogP contribution < -0.4 is 4.90 Å². The third-order valence-corrected chi connectivity index (χ3v) is 4.69. The van der Waals surface area contributed by atoms with Crippen molar-refractivity contribution in [1.82, 2.24) is 9.97 Å². The maximum atomic E-state index is 6.26. The van der Waals surface area contributed by atoms with E-state index in [-0.39, 0.29) is 0 Å². The number of hydrogen-bond acceptors (Lipinski definition) is 3. The Balaban J connectivity index is 2.16. The quantitative estimate of drug-likeness (QED) is 0.815. The zero-order valence-electron chi connectivity index (χ0n) is 12.6. The van der Waals surface area contributed by atoms with E-state index < -0.39 is 0 Å². The molecule has 106 valence electrons. The molecule has 0 bridgehead atoms. The molecule has 1 aliphatic carbocycles. The number of aromatic nitrogens is 2. The maximum Gasteiger partial charge on any atom is 0.171 e. The van der Waals surface area contributed by atoms with Crippen LogP contribution in [0.3, 0.4) is 0 Å². The fourth-order valence-corrected chi connectivity index (χ4v) is 3.04. The Morgan fingerprint density at radius 2 is 1.63 bits per heavy atom. The van der Waals surface area contributed by atoms with Crippen LogP contribution in [-0.4, -0.2) is 23.1 Å². The van der Waals surface area contributed by atoms with E-state index in [4.69, 9.17) is 11.6 Å². The van der Waals surface area contributed by atoms with Crippen LogP contribution in [0.4, 0.5) is 5.82 Å². The predicted molar refractivity (Wildman–Crippen MR) is 81.0 cm³/mol. The van der Waals surface area contributed by atoms with Crippen LogP contribution in [0.15, 0.2) is 0 Å². The van der Waals surface area contributed by atoms with E-state index in [0.717, 1.165) is 17.2 Å². The average Bonchev–Trinajstić information content (AvgIpc) is 2.33. The highest BCUT2D eigenvalue weighted by Crippen LogP contribution is 2.38. The largest absolute Gasteiger partial charge is 0.354 e. The molecule has 2 rings (SSSR count). The summed E-state index contributed by atoms with van der Waals surface area (Å²) in [6.45, 7) is 8.64. The van der Waals surface area contributed by atoms with Gasteiger partial charge in [0.05, 0.1) is 11.4 Å². The van der Waals surface area contributed by atoms with Crippen LogP contribution in [0.25, 0.3) is 0 Å². The van der Waals surface area contributed by atoms with Crippen LogP contribution >= 0.6 is 11.6 Å². The van der Waals surface area contributed by atoms with Crippen molar-refractivity contribution in [3.8, 4) is 0 Å². The minimum absolute atomic E-state index is 0.482. The Bertz CT molecular complexity index is 461.